The Labute approximate surface area is 172 Å². The first kappa shape index (κ1) is 19.8. The van der Waals surface area contributed by atoms with Gasteiger partial charge in [-0.3, -0.25) is 9.59 Å². The minimum atomic E-state index is -0.779. The van der Waals surface area contributed by atoms with Crippen LogP contribution < -0.4 is 10.1 Å². The number of Topliss-reactive ketones (excluding diaryl/α,β-unsaturated/α-hetero) is 1. The van der Waals surface area contributed by atoms with Gasteiger partial charge in [-0.2, -0.15) is 0 Å². The first-order valence-electron chi connectivity index (χ1n) is 9.55. The number of ether oxygens (including phenoxy) is 1. The molecule has 3 aromatic carbocycles. The Morgan fingerprint density at radius 3 is 2.63 bits per heavy atom. The molecule has 4 rings (SSSR count). The number of carbonyl (C=O) groups excluding carboxylic acids is 2. The Morgan fingerprint density at radius 2 is 1.83 bits per heavy atom. The van der Waals surface area contributed by atoms with Crippen molar-refractivity contribution in [3.8, 4) is 16.9 Å². The van der Waals surface area contributed by atoms with Crippen LogP contribution in [0.2, 0.25) is 0 Å². The molecule has 30 heavy (non-hydrogen) atoms. The van der Waals surface area contributed by atoms with E-state index in [2.05, 4.69) is 5.32 Å². The third-order valence-corrected chi connectivity index (χ3v) is 5.08. The van der Waals surface area contributed by atoms with E-state index in [1.54, 1.807) is 6.07 Å². The van der Waals surface area contributed by atoms with Crippen molar-refractivity contribution in [2.24, 2.45) is 0 Å². The number of fused-ring (bicyclic) bond motifs is 1. The number of ketones is 1. The number of benzene rings is 3. The molecule has 1 aliphatic rings. The number of halogens is 2. The van der Waals surface area contributed by atoms with Gasteiger partial charge in [-0.15, -0.1) is 0 Å². The average Bonchev–Trinajstić information content (AvgIpc) is 3.15. The highest BCUT2D eigenvalue weighted by Crippen LogP contribution is 2.34. The topological polar surface area (TPSA) is 55.4 Å². The van der Waals surface area contributed by atoms with E-state index < -0.39 is 17.5 Å². The van der Waals surface area contributed by atoms with Crippen LogP contribution in [0.15, 0.2) is 60.7 Å². The fraction of sp³-hybridized carbons (Fsp3) is 0.167. The lowest BCUT2D eigenvalue weighted by Crippen LogP contribution is -2.34. The molecule has 1 atom stereocenters. The second-order valence-corrected chi connectivity index (χ2v) is 7.20. The van der Waals surface area contributed by atoms with Crippen molar-refractivity contribution < 1.29 is 23.1 Å². The van der Waals surface area contributed by atoms with Gasteiger partial charge < -0.3 is 10.1 Å². The van der Waals surface area contributed by atoms with E-state index >= 15 is 0 Å². The highest BCUT2D eigenvalue weighted by Gasteiger charge is 2.25. The minimum absolute atomic E-state index is 0.00693. The molecule has 0 aliphatic carbocycles. The average molecular weight is 407 g/mol. The standard InChI is InChI=1S/C24H19F2NO3/c1-14(28)19-4-2-3-5-20(19)15-6-9-23-16(10-15)11-18(30-23)13-27-24(29)21-12-17(25)7-8-22(21)26/h2-10,12,18H,11,13H2,1H3,(H,27,29)/t18-/m1/s1. The summed E-state index contributed by atoms with van der Waals surface area (Å²) in [5, 5.41) is 2.60. The van der Waals surface area contributed by atoms with Crippen molar-refractivity contribution in [3.63, 3.8) is 0 Å². The van der Waals surface area contributed by atoms with Gasteiger partial charge in [0.25, 0.3) is 5.91 Å². The van der Waals surface area contributed by atoms with Gasteiger partial charge in [-0.05, 0) is 53.9 Å². The van der Waals surface area contributed by atoms with Gasteiger partial charge in [0.1, 0.15) is 23.5 Å². The summed E-state index contributed by atoms with van der Waals surface area (Å²) < 4.78 is 32.9. The largest absolute Gasteiger partial charge is 0.488 e. The summed E-state index contributed by atoms with van der Waals surface area (Å²) in [6, 6.07) is 15.9. The molecule has 1 amide bonds. The molecule has 152 valence electrons. The smallest absolute Gasteiger partial charge is 0.254 e. The van der Waals surface area contributed by atoms with Gasteiger partial charge in [0.05, 0.1) is 12.1 Å². The van der Waals surface area contributed by atoms with Crippen molar-refractivity contribution in [1.29, 1.82) is 0 Å². The summed E-state index contributed by atoms with van der Waals surface area (Å²) >= 11 is 0. The maximum absolute atomic E-state index is 13.7. The van der Waals surface area contributed by atoms with E-state index in [0.29, 0.717) is 17.7 Å². The van der Waals surface area contributed by atoms with Crippen LogP contribution >= 0.6 is 0 Å². The molecular weight excluding hydrogens is 388 g/mol. The van der Waals surface area contributed by atoms with Gasteiger partial charge >= 0.3 is 0 Å². The van der Waals surface area contributed by atoms with Crippen LogP contribution in [0, 0.1) is 11.6 Å². The molecule has 1 N–H and O–H groups in total. The quantitative estimate of drug-likeness (QED) is 0.631. The molecule has 3 aromatic rings. The SMILES string of the molecule is CC(=O)c1ccccc1-c1ccc2c(c1)C[C@H](CNC(=O)c1cc(F)ccc1F)O2. The van der Waals surface area contributed by atoms with Crippen LogP contribution in [-0.2, 0) is 6.42 Å². The van der Waals surface area contributed by atoms with Crippen LogP contribution in [0.25, 0.3) is 11.1 Å². The zero-order valence-electron chi connectivity index (χ0n) is 16.2. The number of carbonyl (C=O) groups is 2. The number of rotatable bonds is 5. The lowest BCUT2D eigenvalue weighted by atomic mass is 9.95. The molecule has 0 aromatic heterocycles. The molecule has 4 nitrogen and oxygen atoms in total. The maximum atomic E-state index is 13.7. The summed E-state index contributed by atoms with van der Waals surface area (Å²) in [7, 11) is 0. The zero-order valence-corrected chi connectivity index (χ0v) is 16.2. The van der Waals surface area contributed by atoms with Crippen LogP contribution in [0.4, 0.5) is 8.78 Å². The predicted octanol–water partition coefficient (Wildman–Crippen LogP) is 4.57. The summed E-state index contributed by atoms with van der Waals surface area (Å²) in [6.45, 7) is 1.69. The Balaban J connectivity index is 1.46. The van der Waals surface area contributed by atoms with E-state index in [1.165, 1.54) is 6.92 Å². The van der Waals surface area contributed by atoms with Crippen LogP contribution in [0.5, 0.6) is 5.75 Å². The van der Waals surface area contributed by atoms with E-state index in [0.717, 1.165) is 34.9 Å². The molecular formula is C24H19F2NO3. The first-order valence-corrected chi connectivity index (χ1v) is 9.55. The highest BCUT2D eigenvalue weighted by atomic mass is 19.1. The summed E-state index contributed by atoms with van der Waals surface area (Å²) in [6.07, 6.45) is 0.232. The van der Waals surface area contributed by atoms with E-state index in [4.69, 9.17) is 4.74 Å². The number of hydrogen-bond acceptors (Lipinski definition) is 3. The van der Waals surface area contributed by atoms with Gasteiger partial charge in [0.2, 0.25) is 0 Å². The summed E-state index contributed by atoms with van der Waals surface area (Å²) in [4.78, 5) is 24.1. The van der Waals surface area contributed by atoms with E-state index in [1.807, 2.05) is 36.4 Å². The number of nitrogens with one attached hydrogen (secondary N) is 1. The molecule has 0 unspecified atom stereocenters. The molecule has 1 aliphatic heterocycles. The Bertz CT molecular complexity index is 1140. The lowest BCUT2D eigenvalue weighted by Gasteiger charge is -2.12. The van der Waals surface area contributed by atoms with Gasteiger partial charge in [-0.25, -0.2) is 8.78 Å². The van der Waals surface area contributed by atoms with Crippen LogP contribution in [0.1, 0.15) is 33.2 Å². The van der Waals surface area contributed by atoms with E-state index in [9.17, 15) is 18.4 Å². The fourth-order valence-electron chi connectivity index (χ4n) is 3.62. The maximum Gasteiger partial charge on any atom is 0.254 e. The molecule has 6 heteroatoms. The van der Waals surface area contributed by atoms with Crippen molar-refractivity contribution >= 4 is 11.7 Å². The Kier molecular flexibility index (Phi) is 5.31. The molecule has 0 spiro atoms. The first-order chi connectivity index (χ1) is 14.4. The lowest BCUT2D eigenvalue weighted by molar-refractivity contribution is 0.0928. The van der Waals surface area contributed by atoms with Crippen LogP contribution in [-0.4, -0.2) is 24.3 Å². The van der Waals surface area contributed by atoms with E-state index in [-0.39, 0.29) is 24.0 Å². The van der Waals surface area contributed by atoms with Gasteiger partial charge in [-0.1, -0.05) is 30.3 Å². The molecule has 0 radical (unpaired) electrons. The molecule has 0 fully saturated rings. The molecule has 0 saturated heterocycles. The summed E-state index contributed by atoms with van der Waals surface area (Å²) in [5.74, 6) is -1.45. The third kappa shape index (κ3) is 3.94. The zero-order chi connectivity index (χ0) is 21.3. The predicted molar refractivity (Wildman–Crippen MR) is 109 cm³/mol. The Hall–Kier alpha value is -3.54. The van der Waals surface area contributed by atoms with Gasteiger partial charge in [0.15, 0.2) is 5.78 Å². The van der Waals surface area contributed by atoms with Crippen molar-refractivity contribution in [3.05, 3.63) is 89.0 Å². The molecule has 0 saturated carbocycles. The van der Waals surface area contributed by atoms with Gasteiger partial charge in [0, 0.05) is 12.0 Å². The van der Waals surface area contributed by atoms with Crippen LogP contribution in [0.3, 0.4) is 0 Å². The molecule has 1 heterocycles. The minimum Gasteiger partial charge on any atom is -0.488 e. The Morgan fingerprint density at radius 1 is 1.03 bits per heavy atom. The van der Waals surface area contributed by atoms with Crippen molar-refractivity contribution in [2.45, 2.75) is 19.4 Å². The summed E-state index contributed by atoms with van der Waals surface area (Å²) in [5.41, 5.74) is 3.04. The highest BCUT2D eigenvalue weighted by molar-refractivity contribution is 6.00. The number of amides is 1. The third-order valence-electron chi connectivity index (χ3n) is 5.08. The normalized spacial score (nSPS) is 14.7. The van der Waals surface area contributed by atoms with Crippen molar-refractivity contribution in [2.75, 3.05) is 6.54 Å². The monoisotopic (exact) mass is 407 g/mol. The second kappa shape index (κ2) is 8.06. The number of hydrogen-bond donors (Lipinski definition) is 1. The van der Waals surface area contributed by atoms with Crippen molar-refractivity contribution in [1.82, 2.24) is 5.32 Å². The second-order valence-electron chi connectivity index (χ2n) is 7.20. The molecule has 0 bridgehead atoms. The fourth-order valence-corrected chi connectivity index (χ4v) is 3.62.